The lowest BCUT2D eigenvalue weighted by Crippen LogP contribution is -2.41. The van der Waals surface area contributed by atoms with Crippen LogP contribution in [0.5, 0.6) is 0 Å². The van der Waals surface area contributed by atoms with Crippen LogP contribution in [0.2, 0.25) is 0 Å². The van der Waals surface area contributed by atoms with E-state index in [0.29, 0.717) is 30.9 Å². The number of hydrogen-bond acceptors (Lipinski definition) is 6. The fraction of sp³-hybridized carbons (Fsp3) is 0.875. The van der Waals surface area contributed by atoms with E-state index in [-0.39, 0.29) is 18.8 Å². The Balaban J connectivity index is 0.000000220. The Labute approximate surface area is 132 Å². The Morgan fingerprint density at radius 2 is 1.91 bits per heavy atom. The van der Waals surface area contributed by atoms with Crippen LogP contribution in [-0.2, 0) is 14.2 Å². The lowest BCUT2D eigenvalue weighted by atomic mass is 10.0. The predicted molar refractivity (Wildman–Crippen MR) is 82.3 cm³/mol. The number of ether oxygens (including phenoxy) is 3. The summed E-state index contributed by atoms with van der Waals surface area (Å²) in [6.45, 7) is 7.81. The Hall–Kier alpha value is -0.660. The third-order valence-corrected chi connectivity index (χ3v) is 4.22. The number of methoxy groups -OCH3 is 2. The molecular weight excluding hydrogens is 288 g/mol. The van der Waals surface area contributed by atoms with Crippen molar-refractivity contribution in [2.75, 3.05) is 20.8 Å². The maximum absolute atomic E-state index is 9.76. The minimum absolute atomic E-state index is 0.0990. The quantitative estimate of drug-likeness (QED) is 0.666. The monoisotopic (exact) mass is 318 g/mol. The van der Waals surface area contributed by atoms with Gasteiger partial charge in [0.25, 0.3) is 0 Å². The molecule has 1 aliphatic heterocycles. The van der Waals surface area contributed by atoms with Crippen molar-refractivity contribution in [1.82, 2.24) is 0 Å². The van der Waals surface area contributed by atoms with Gasteiger partial charge in [-0.25, -0.2) is 0 Å². The van der Waals surface area contributed by atoms with E-state index in [9.17, 15) is 15.3 Å². The first-order chi connectivity index (χ1) is 10.2. The Morgan fingerprint density at radius 1 is 1.27 bits per heavy atom. The SMILES string of the molecule is C=C(OC)[C@H]1O[C@@H](C)CC1O.COC[C@@]1(O)C[C@@H](C)CC1O. The van der Waals surface area contributed by atoms with Crippen LogP contribution >= 0.6 is 0 Å². The molecule has 22 heavy (non-hydrogen) atoms. The Morgan fingerprint density at radius 3 is 2.27 bits per heavy atom. The van der Waals surface area contributed by atoms with E-state index in [0.717, 1.165) is 0 Å². The maximum Gasteiger partial charge on any atom is 0.140 e. The Bertz CT molecular complexity index is 361. The normalized spacial score (nSPS) is 41.0. The van der Waals surface area contributed by atoms with Gasteiger partial charge in [0.15, 0.2) is 0 Å². The van der Waals surface area contributed by atoms with Crippen LogP contribution < -0.4 is 0 Å². The zero-order valence-electron chi connectivity index (χ0n) is 14.0. The van der Waals surface area contributed by atoms with Crippen LogP contribution in [0.3, 0.4) is 0 Å². The van der Waals surface area contributed by atoms with Crippen LogP contribution in [0.25, 0.3) is 0 Å². The van der Waals surface area contributed by atoms with Gasteiger partial charge in [0.2, 0.25) is 0 Å². The van der Waals surface area contributed by atoms with E-state index < -0.39 is 17.8 Å². The van der Waals surface area contributed by atoms with Gasteiger partial charge >= 0.3 is 0 Å². The van der Waals surface area contributed by atoms with Gasteiger partial charge in [0.1, 0.15) is 17.5 Å². The van der Waals surface area contributed by atoms with Crippen molar-refractivity contribution in [3.05, 3.63) is 12.3 Å². The zero-order valence-corrected chi connectivity index (χ0v) is 14.0. The van der Waals surface area contributed by atoms with Gasteiger partial charge in [-0.15, -0.1) is 0 Å². The summed E-state index contributed by atoms with van der Waals surface area (Å²) in [6, 6.07) is 0. The molecule has 0 aromatic heterocycles. The van der Waals surface area contributed by atoms with Gasteiger partial charge in [-0.1, -0.05) is 13.5 Å². The molecule has 2 fully saturated rings. The molecule has 1 saturated heterocycles. The summed E-state index contributed by atoms with van der Waals surface area (Å²) in [4.78, 5) is 0. The molecule has 6 nitrogen and oxygen atoms in total. The van der Waals surface area contributed by atoms with E-state index in [1.807, 2.05) is 13.8 Å². The summed E-state index contributed by atoms with van der Waals surface area (Å²) in [5.74, 6) is 0.895. The predicted octanol–water partition coefficient (Wildman–Crippen LogP) is 0.839. The van der Waals surface area contributed by atoms with Crippen molar-refractivity contribution >= 4 is 0 Å². The van der Waals surface area contributed by atoms with Crippen molar-refractivity contribution in [2.24, 2.45) is 5.92 Å². The molecule has 0 aromatic carbocycles. The molecule has 0 amide bonds. The summed E-state index contributed by atoms with van der Waals surface area (Å²) in [5.41, 5.74) is -0.992. The molecule has 0 spiro atoms. The highest BCUT2D eigenvalue weighted by molar-refractivity contribution is 5.00. The van der Waals surface area contributed by atoms with Crippen molar-refractivity contribution < 1.29 is 29.5 Å². The summed E-state index contributed by atoms with van der Waals surface area (Å²) in [5, 5.41) is 28.6. The van der Waals surface area contributed by atoms with Crippen molar-refractivity contribution in [3.8, 4) is 0 Å². The molecule has 1 heterocycles. The summed E-state index contributed by atoms with van der Waals surface area (Å²) < 4.78 is 15.1. The first-order valence-electron chi connectivity index (χ1n) is 7.69. The Kier molecular flexibility index (Phi) is 7.28. The van der Waals surface area contributed by atoms with E-state index in [1.54, 1.807) is 0 Å². The standard InChI is InChI=1S/C8H16O3.C8H14O3/c1-6-3-7(9)8(10,4-6)5-11-2;1-5-4-7(9)8(11-5)6(2)10-3/h6-7,9-10H,3-5H2,1-2H3;5,7-9H,2,4H2,1,3H3/t6-,7?,8-;5-,7?,8+/m00/s1. The molecule has 2 aliphatic rings. The average Bonchev–Trinajstić information content (AvgIpc) is 2.89. The average molecular weight is 318 g/mol. The molecule has 130 valence electrons. The molecule has 0 radical (unpaired) electrons. The van der Waals surface area contributed by atoms with E-state index >= 15 is 0 Å². The number of aliphatic hydroxyl groups excluding tert-OH is 2. The largest absolute Gasteiger partial charge is 0.499 e. The topological polar surface area (TPSA) is 88.4 Å². The zero-order chi connectivity index (χ0) is 16.9. The molecule has 1 aliphatic carbocycles. The van der Waals surface area contributed by atoms with Crippen LogP contribution in [0.15, 0.2) is 12.3 Å². The van der Waals surface area contributed by atoms with Crippen molar-refractivity contribution in [1.29, 1.82) is 0 Å². The molecule has 2 unspecified atom stereocenters. The van der Waals surface area contributed by atoms with Crippen LogP contribution in [0.1, 0.15) is 33.1 Å². The van der Waals surface area contributed by atoms with Crippen molar-refractivity contribution in [3.63, 3.8) is 0 Å². The minimum Gasteiger partial charge on any atom is -0.499 e. The number of aliphatic hydroxyl groups is 3. The molecule has 6 heteroatoms. The third-order valence-electron chi connectivity index (χ3n) is 4.22. The van der Waals surface area contributed by atoms with Gasteiger partial charge in [0, 0.05) is 13.5 Å². The molecule has 0 bridgehead atoms. The molecule has 1 saturated carbocycles. The summed E-state index contributed by atoms with van der Waals surface area (Å²) >= 11 is 0. The highest BCUT2D eigenvalue weighted by atomic mass is 16.6. The van der Waals surface area contributed by atoms with Crippen molar-refractivity contribution in [2.45, 2.75) is 63.1 Å². The molecule has 3 N–H and O–H groups in total. The highest BCUT2D eigenvalue weighted by Crippen LogP contribution is 2.34. The molecule has 6 atom stereocenters. The van der Waals surface area contributed by atoms with Gasteiger partial charge in [-0.3, -0.25) is 0 Å². The number of hydrogen-bond donors (Lipinski definition) is 3. The van der Waals surface area contributed by atoms with Gasteiger partial charge < -0.3 is 29.5 Å². The molecule has 2 rings (SSSR count). The van der Waals surface area contributed by atoms with E-state index in [2.05, 4.69) is 6.58 Å². The van der Waals surface area contributed by atoms with Gasteiger partial charge in [0.05, 0.1) is 32.0 Å². The number of rotatable bonds is 4. The van der Waals surface area contributed by atoms with Crippen LogP contribution in [0.4, 0.5) is 0 Å². The van der Waals surface area contributed by atoms with Crippen LogP contribution in [0, 0.1) is 5.92 Å². The highest BCUT2D eigenvalue weighted by Gasteiger charge is 2.43. The summed E-state index contributed by atoms with van der Waals surface area (Å²) in [7, 11) is 3.06. The second-order valence-electron chi connectivity index (χ2n) is 6.44. The van der Waals surface area contributed by atoms with Gasteiger partial charge in [-0.05, 0) is 25.7 Å². The smallest absolute Gasteiger partial charge is 0.140 e. The third kappa shape index (κ3) is 4.93. The molecular formula is C16H30O6. The first-order valence-corrected chi connectivity index (χ1v) is 7.69. The van der Waals surface area contributed by atoms with E-state index in [1.165, 1.54) is 14.2 Å². The molecule has 0 aromatic rings. The lowest BCUT2D eigenvalue weighted by Gasteiger charge is -2.25. The second-order valence-corrected chi connectivity index (χ2v) is 6.44. The maximum atomic E-state index is 9.76. The lowest BCUT2D eigenvalue weighted by molar-refractivity contribution is -0.0949. The fourth-order valence-electron chi connectivity index (χ4n) is 3.10. The van der Waals surface area contributed by atoms with Gasteiger partial charge in [-0.2, -0.15) is 0 Å². The summed E-state index contributed by atoms with van der Waals surface area (Å²) in [6.07, 6.45) is 0.668. The minimum atomic E-state index is -0.992. The van der Waals surface area contributed by atoms with E-state index in [4.69, 9.17) is 14.2 Å². The van der Waals surface area contributed by atoms with Crippen LogP contribution in [-0.4, -0.2) is 66.2 Å². The fourth-order valence-corrected chi connectivity index (χ4v) is 3.10. The first kappa shape index (κ1) is 19.4. The second kappa shape index (κ2) is 8.26.